The molecule has 19 heavy (non-hydrogen) atoms. The second-order valence-electron chi connectivity index (χ2n) is 6.16. The van der Waals surface area contributed by atoms with Gasteiger partial charge < -0.3 is 15.2 Å². The van der Waals surface area contributed by atoms with Crippen LogP contribution in [0.1, 0.15) is 46.6 Å². The van der Waals surface area contributed by atoms with Crippen molar-refractivity contribution in [1.29, 1.82) is 0 Å². The van der Waals surface area contributed by atoms with E-state index in [9.17, 15) is 5.11 Å². The summed E-state index contributed by atoms with van der Waals surface area (Å²) < 4.78 is 5.47. The zero-order valence-corrected chi connectivity index (χ0v) is 12.8. The number of rotatable bonds is 6. The molecule has 0 amide bonds. The number of aliphatic hydroxyl groups is 1. The maximum Gasteiger partial charge on any atom is 0.119 e. The minimum absolute atomic E-state index is 0.0727. The SMILES string of the molecule is CCOc1cccc(C(C)(O)CCNC(C)(C)C)c1. The maximum absolute atomic E-state index is 10.6. The highest BCUT2D eigenvalue weighted by atomic mass is 16.5. The second-order valence-corrected chi connectivity index (χ2v) is 6.16. The molecule has 0 saturated heterocycles. The standard InChI is InChI=1S/C16H27NO2/c1-6-19-14-9-7-8-13(12-14)16(5,18)10-11-17-15(2,3)4/h7-9,12,17-18H,6,10-11H2,1-5H3. The largest absolute Gasteiger partial charge is 0.494 e. The lowest BCUT2D eigenvalue weighted by atomic mass is 9.92. The van der Waals surface area contributed by atoms with Crippen LogP contribution in [0.5, 0.6) is 5.75 Å². The van der Waals surface area contributed by atoms with E-state index in [1.54, 1.807) is 0 Å². The van der Waals surface area contributed by atoms with Gasteiger partial charge >= 0.3 is 0 Å². The monoisotopic (exact) mass is 265 g/mol. The quantitative estimate of drug-likeness (QED) is 0.830. The second kappa shape index (κ2) is 6.40. The molecule has 1 unspecified atom stereocenters. The van der Waals surface area contributed by atoms with Crippen molar-refractivity contribution >= 4 is 0 Å². The van der Waals surface area contributed by atoms with Gasteiger partial charge in [0, 0.05) is 5.54 Å². The van der Waals surface area contributed by atoms with Crippen molar-refractivity contribution in [2.24, 2.45) is 0 Å². The topological polar surface area (TPSA) is 41.5 Å². The average Bonchev–Trinajstić information content (AvgIpc) is 2.28. The first-order valence-electron chi connectivity index (χ1n) is 6.95. The summed E-state index contributed by atoms with van der Waals surface area (Å²) in [6.45, 7) is 11.6. The average molecular weight is 265 g/mol. The number of hydrogen-bond acceptors (Lipinski definition) is 3. The summed E-state index contributed by atoms with van der Waals surface area (Å²) in [6.07, 6.45) is 0.667. The van der Waals surface area contributed by atoms with Gasteiger partial charge in [0.25, 0.3) is 0 Å². The molecule has 0 aliphatic carbocycles. The molecule has 0 fully saturated rings. The summed E-state index contributed by atoms with van der Waals surface area (Å²) in [5, 5.41) is 14.0. The molecule has 1 atom stereocenters. The molecule has 0 radical (unpaired) electrons. The Morgan fingerprint density at radius 3 is 2.47 bits per heavy atom. The van der Waals surface area contributed by atoms with Gasteiger partial charge in [-0.3, -0.25) is 0 Å². The zero-order valence-electron chi connectivity index (χ0n) is 12.8. The number of ether oxygens (including phenoxy) is 1. The Kier molecular flexibility index (Phi) is 5.39. The van der Waals surface area contributed by atoms with E-state index >= 15 is 0 Å². The zero-order chi connectivity index (χ0) is 14.5. The molecule has 3 heteroatoms. The van der Waals surface area contributed by atoms with Gasteiger partial charge in [-0.2, -0.15) is 0 Å². The Hall–Kier alpha value is -1.06. The molecule has 2 N–H and O–H groups in total. The number of hydrogen-bond donors (Lipinski definition) is 2. The molecule has 0 heterocycles. The van der Waals surface area contributed by atoms with Crippen molar-refractivity contribution in [3.8, 4) is 5.75 Å². The first-order valence-corrected chi connectivity index (χ1v) is 6.95. The van der Waals surface area contributed by atoms with Gasteiger partial charge in [-0.05, 0) is 65.3 Å². The van der Waals surface area contributed by atoms with Crippen molar-refractivity contribution in [2.75, 3.05) is 13.2 Å². The van der Waals surface area contributed by atoms with E-state index in [1.807, 2.05) is 38.1 Å². The minimum Gasteiger partial charge on any atom is -0.494 e. The highest BCUT2D eigenvalue weighted by molar-refractivity contribution is 5.32. The van der Waals surface area contributed by atoms with Gasteiger partial charge in [0.15, 0.2) is 0 Å². The van der Waals surface area contributed by atoms with Crippen molar-refractivity contribution in [3.63, 3.8) is 0 Å². The van der Waals surface area contributed by atoms with Gasteiger partial charge in [-0.1, -0.05) is 12.1 Å². The Bertz CT molecular complexity index is 394. The van der Waals surface area contributed by atoms with Crippen LogP contribution in [0.4, 0.5) is 0 Å². The molecule has 0 aromatic heterocycles. The lowest BCUT2D eigenvalue weighted by molar-refractivity contribution is 0.0461. The molecule has 3 nitrogen and oxygen atoms in total. The van der Waals surface area contributed by atoms with E-state index in [0.29, 0.717) is 13.0 Å². The summed E-state index contributed by atoms with van der Waals surface area (Å²) in [4.78, 5) is 0. The van der Waals surface area contributed by atoms with E-state index in [1.165, 1.54) is 0 Å². The van der Waals surface area contributed by atoms with Gasteiger partial charge in [0.1, 0.15) is 5.75 Å². The van der Waals surface area contributed by atoms with Crippen molar-refractivity contribution in [1.82, 2.24) is 5.32 Å². The predicted octanol–water partition coefficient (Wildman–Crippen LogP) is 3.07. The van der Waals surface area contributed by atoms with Crippen LogP contribution in [0.15, 0.2) is 24.3 Å². The summed E-state index contributed by atoms with van der Waals surface area (Å²) in [5.41, 5.74) is 0.128. The van der Waals surface area contributed by atoms with E-state index in [2.05, 4.69) is 26.1 Å². The maximum atomic E-state index is 10.6. The summed E-state index contributed by atoms with van der Waals surface area (Å²) in [6, 6.07) is 7.70. The molecule has 1 rings (SSSR count). The lowest BCUT2D eigenvalue weighted by Crippen LogP contribution is -2.39. The third-order valence-corrected chi connectivity index (χ3v) is 3.03. The Morgan fingerprint density at radius 1 is 1.21 bits per heavy atom. The van der Waals surface area contributed by atoms with E-state index < -0.39 is 5.60 Å². The number of nitrogens with one attached hydrogen (secondary N) is 1. The fourth-order valence-corrected chi connectivity index (χ4v) is 1.91. The third kappa shape index (κ3) is 5.62. The van der Waals surface area contributed by atoms with Gasteiger partial charge in [0.05, 0.1) is 12.2 Å². The van der Waals surface area contributed by atoms with Crippen LogP contribution in [0, 0.1) is 0 Å². The predicted molar refractivity (Wildman–Crippen MR) is 79.6 cm³/mol. The fourth-order valence-electron chi connectivity index (χ4n) is 1.91. The highest BCUT2D eigenvalue weighted by Crippen LogP contribution is 2.27. The van der Waals surface area contributed by atoms with E-state index in [-0.39, 0.29) is 5.54 Å². The first-order chi connectivity index (χ1) is 8.74. The van der Waals surface area contributed by atoms with Gasteiger partial charge in [-0.25, -0.2) is 0 Å². The Morgan fingerprint density at radius 2 is 1.89 bits per heavy atom. The lowest BCUT2D eigenvalue weighted by Gasteiger charge is -2.27. The minimum atomic E-state index is -0.842. The molecule has 0 aliphatic rings. The van der Waals surface area contributed by atoms with Crippen LogP contribution in [0.3, 0.4) is 0 Å². The molecule has 1 aromatic rings. The van der Waals surface area contributed by atoms with Crippen molar-refractivity contribution in [3.05, 3.63) is 29.8 Å². The molecule has 0 spiro atoms. The van der Waals surface area contributed by atoms with E-state index in [4.69, 9.17) is 4.74 Å². The first kappa shape index (κ1) is 16.0. The number of benzene rings is 1. The molecular weight excluding hydrogens is 238 g/mol. The van der Waals surface area contributed by atoms with Crippen LogP contribution in [-0.2, 0) is 5.60 Å². The van der Waals surface area contributed by atoms with Crippen molar-refractivity contribution < 1.29 is 9.84 Å². The summed E-state index contributed by atoms with van der Waals surface area (Å²) >= 11 is 0. The molecule has 0 aliphatic heterocycles. The van der Waals surface area contributed by atoms with E-state index in [0.717, 1.165) is 17.9 Å². The van der Waals surface area contributed by atoms with Crippen LogP contribution < -0.4 is 10.1 Å². The fraction of sp³-hybridized carbons (Fsp3) is 0.625. The van der Waals surface area contributed by atoms with Crippen LogP contribution in [0.2, 0.25) is 0 Å². The van der Waals surface area contributed by atoms with Crippen LogP contribution >= 0.6 is 0 Å². The van der Waals surface area contributed by atoms with Crippen LogP contribution in [0.25, 0.3) is 0 Å². The highest BCUT2D eigenvalue weighted by Gasteiger charge is 2.23. The molecular formula is C16H27NO2. The molecule has 0 saturated carbocycles. The third-order valence-electron chi connectivity index (χ3n) is 3.03. The molecule has 1 aromatic carbocycles. The van der Waals surface area contributed by atoms with Gasteiger partial charge in [-0.15, -0.1) is 0 Å². The van der Waals surface area contributed by atoms with Gasteiger partial charge in [0.2, 0.25) is 0 Å². The molecule has 108 valence electrons. The normalized spacial score (nSPS) is 15.1. The summed E-state index contributed by atoms with van der Waals surface area (Å²) in [5.74, 6) is 0.809. The Balaban J connectivity index is 2.68. The molecule has 0 bridgehead atoms. The smallest absolute Gasteiger partial charge is 0.119 e. The Labute approximate surface area is 117 Å². The van der Waals surface area contributed by atoms with Crippen LogP contribution in [-0.4, -0.2) is 23.8 Å². The summed E-state index contributed by atoms with van der Waals surface area (Å²) in [7, 11) is 0. The van der Waals surface area contributed by atoms with Crippen molar-refractivity contribution in [2.45, 2.75) is 52.2 Å².